The molecule has 0 spiro atoms. The number of carbonyl (C=O) groups excluding carboxylic acids is 1. The first-order valence-electron chi connectivity index (χ1n) is 6.75. The maximum atomic E-state index is 11.1. The molecule has 0 aliphatic rings. The van der Waals surface area contributed by atoms with E-state index in [9.17, 15) is 4.79 Å². The summed E-state index contributed by atoms with van der Waals surface area (Å²) in [5, 5.41) is 2.12. The van der Waals surface area contributed by atoms with E-state index in [1.54, 1.807) is 12.3 Å². The van der Waals surface area contributed by atoms with Crippen molar-refractivity contribution in [1.82, 2.24) is 9.97 Å². The van der Waals surface area contributed by atoms with Crippen molar-refractivity contribution < 1.29 is 14.3 Å². The molecule has 0 bridgehead atoms. The predicted octanol–water partition coefficient (Wildman–Crippen LogP) is 3.03. The highest BCUT2D eigenvalue weighted by Crippen LogP contribution is 2.23. The van der Waals surface area contributed by atoms with Gasteiger partial charge < -0.3 is 9.47 Å². The van der Waals surface area contributed by atoms with Crippen molar-refractivity contribution in [2.24, 2.45) is 0 Å². The van der Waals surface area contributed by atoms with Crippen LogP contribution in [0.2, 0.25) is 0 Å². The third-order valence-corrected chi connectivity index (χ3v) is 3.34. The van der Waals surface area contributed by atoms with Gasteiger partial charge in [-0.1, -0.05) is 24.3 Å². The van der Waals surface area contributed by atoms with Crippen LogP contribution in [0.3, 0.4) is 0 Å². The van der Waals surface area contributed by atoms with E-state index in [1.165, 1.54) is 13.3 Å². The van der Waals surface area contributed by atoms with Gasteiger partial charge in [-0.3, -0.25) is 9.78 Å². The van der Waals surface area contributed by atoms with Crippen LogP contribution in [0.1, 0.15) is 15.9 Å². The van der Waals surface area contributed by atoms with Gasteiger partial charge in [0.15, 0.2) is 6.29 Å². The van der Waals surface area contributed by atoms with Crippen LogP contribution >= 0.6 is 0 Å². The minimum Gasteiger partial charge on any atom is -0.486 e. The lowest BCUT2D eigenvalue weighted by Crippen LogP contribution is -2.01. The molecule has 0 saturated heterocycles. The van der Waals surface area contributed by atoms with Crippen molar-refractivity contribution in [2.75, 3.05) is 7.11 Å². The highest BCUT2D eigenvalue weighted by molar-refractivity contribution is 5.84. The van der Waals surface area contributed by atoms with Crippen molar-refractivity contribution >= 4 is 17.1 Å². The molecule has 0 aliphatic carbocycles. The van der Waals surface area contributed by atoms with Gasteiger partial charge in [-0.25, -0.2) is 4.98 Å². The van der Waals surface area contributed by atoms with Gasteiger partial charge in [0.25, 0.3) is 0 Å². The van der Waals surface area contributed by atoms with Crippen LogP contribution in [-0.2, 0) is 6.61 Å². The van der Waals surface area contributed by atoms with E-state index in [4.69, 9.17) is 9.47 Å². The number of rotatable bonds is 5. The zero-order valence-corrected chi connectivity index (χ0v) is 12.0. The van der Waals surface area contributed by atoms with Gasteiger partial charge in [0.05, 0.1) is 18.9 Å². The standard InChI is InChI=1S/C17H14N2O3/c1-21-17-6-13(10-20)16(9-19-17)22-11-14-8-18-7-12-4-2-3-5-15(12)14/h2-10H,11H2,1H3. The van der Waals surface area contributed by atoms with Crippen LogP contribution < -0.4 is 9.47 Å². The van der Waals surface area contributed by atoms with E-state index in [0.717, 1.165) is 22.6 Å². The second-order valence-corrected chi connectivity index (χ2v) is 4.69. The van der Waals surface area contributed by atoms with Crippen LogP contribution in [0.5, 0.6) is 11.6 Å². The molecule has 1 aromatic carbocycles. The lowest BCUT2D eigenvalue weighted by atomic mass is 10.1. The number of ether oxygens (including phenoxy) is 2. The zero-order chi connectivity index (χ0) is 15.4. The van der Waals surface area contributed by atoms with Crippen molar-refractivity contribution in [1.29, 1.82) is 0 Å². The number of nitrogens with zero attached hydrogens (tertiary/aromatic N) is 2. The Bertz CT molecular complexity index is 813. The number of benzene rings is 1. The number of aldehydes is 1. The first kappa shape index (κ1) is 14.0. The van der Waals surface area contributed by atoms with E-state index < -0.39 is 0 Å². The summed E-state index contributed by atoms with van der Waals surface area (Å²) >= 11 is 0. The minimum absolute atomic E-state index is 0.309. The molecule has 5 heteroatoms. The lowest BCUT2D eigenvalue weighted by molar-refractivity contribution is 0.111. The SMILES string of the molecule is COc1cc(C=O)c(OCc2cncc3ccccc23)cn1. The quantitative estimate of drug-likeness (QED) is 0.677. The van der Waals surface area contributed by atoms with E-state index in [0.29, 0.717) is 23.8 Å². The summed E-state index contributed by atoms with van der Waals surface area (Å²) in [4.78, 5) is 19.4. The molecule has 0 radical (unpaired) electrons. The second kappa shape index (κ2) is 6.22. The molecular weight excluding hydrogens is 280 g/mol. The van der Waals surface area contributed by atoms with Gasteiger partial charge >= 0.3 is 0 Å². The molecule has 0 aliphatic heterocycles. The first-order chi connectivity index (χ1) is 10.8. The highest BCUT2D eigenvalue weighted by Gasteiger charge is 2.08. The maximum Gasteiger partial charge on any atom is 0.213 e. The van der Waals surface area contributed by atoms with Gasteiger partial charge in [0.2, 0.25) is 5.88 Å². The Morgan fingerprint density at radius 3 is 2.86 bits per heavy atom. The van der Waals surface area contributed by atoms with Gasteiger partial charge in [0, 0.05) is 29.4 Å². The Balaban J connectivity index is 1.87. The number of fused-ring (bicyclic) bond motifs is 1. The average Bonchev–Trinajstić information content (AvgIpc) is 2.59. The Kier molecular flexibility index (Phi) is 3.96. The normalized spacial score (nSPS) is 10.4. The number of aromatic nitrogens is 2. The van der Waals surface area contributed by atoms with Crippen LogP contribution in [0.25, 0.3) is 10.8 Å². The van der Waals surface area contributed by atoms with E-state index in [2.05, 4.69) is 9.97 Å². The van der Waals surface area contributed by atoms with Crippen LogP contribution in [0.15, 0.2) is 48.9 Å². The number of hydrogen-bond acceptors (Lipinski definition) is 5. The maximum absolute atomic E-state index is 11.1. The number of methoxy groups -OCH3 is 1. The van der Waals surface area contributed by atoms with Crippen molar-refractivity contribution in [3.63, 3.8) is 0 Å². The Hall–Kier alpha value is -2.95. The topological polar surface area (TPSA) is 61.3 Å². The molecule has 0 N–H and O–H groups in total. The van der Waals surface area contributed by atoms with Gasteiger partial charge in [-0.15, -0.1) is 0 Å². The highest BCUT2D eigenvalue weighted by atomic mass is 16.5. The monoisotopic (exact) mass is 294 g/mol. The van der Waals surface area contributed by atoms with Crippen molar-refractivity contribution in [2.45, 2.75) is 6.61 Å². The zero-order valence-electron chi connectivity index (χ0n) is 12.0. The molecule has 22 heavy (non-hydrogen) atoms. The van der Waals surface area contributed by atoms with Crippen molar-refractivity contribution in [3.05, 3.63) is 60.0 Å². The third-order valence-electron chi connectivity index (χ3n) is 3.34. The van der Waals surface area contributed by atoms with Crippen LogP contribution in [0, 0.1) is 0 Å². The fourth-order valence-electron chi connectivity index (χ4n) is 2.21. The largest absolute Gasteiger partial charge is 0.486 e. The first-order valence-corrected chi connectivity index (χ1v) is 6.75. The smallest absolute Gasteiger partial charge is 0.213 e. The fraction of sp³-hybridized carbons (Fsp3) is 0.118. The van der Waals surface area contributed by atoms with E-state index in [1.807, 2.05) is 30.5 Å². The molecule has 3 aromatic rings. The van der Waals surface area contributed by atoms with Gasteiger partial charge in [0.1, 0.15) is 12.4 Å². The van der Waals surface area contributed by atoms with Crippen molar-refractivity contribution in [3.8, 4) is 11.6 Å². The summed E-state index contributed by atoms with van der Waals surface area (Å²) in [6, 6.07) is 9.49. The van der Waals surface area contributed by atoms with E-state index >= 15 is 0 Å². The molecule has 3 rings (SSSR count). The van der Waals surface area contributed by atoms with Crippen LogP contribution in [0.4, 0.5) is 0 Å². The molecule has 2 heterocycles. The predicted molar refractivity (Wildman–Crippen MR) is 82.3 cm³/mol. The molecule has 0 saturated carbocycles. The molecule has 0 unspecified atom stereocenters. The Morgan fingerprint density at radius 1 is 1.18 bits per heavy atom. The summed E-state index contributed by atoms with van der Waals surface area (Å²) < 4.78 is 10.7. The van der Waals surface area contributed by atoms with Gasteiger partial charge in [-0.2, -0.15) is 0 Å². The summed E-state index contributed by atoms with van der Waals surface area (Å²) in [5.41, 5.74) is 1.35. The summed E-state index contributed by atoms with van der Waals surface area (Å²) in [6.45, 7) is 0.309. The summed E-state index contributed by atoms with van der Waals surface area (Å²) in [5.74, 6) is 0.796. The molecule has 0 atom stereocenters. The molecule has 0 amide bonds. The van der Waals surface area contributed by atoms with Gasteiger partial charge in [-0.05, 0) is 5.39 Å². The second-order valence-electron chi connectivity index (χ2n) is 4.69. The van der Waals surface area contributed by atoms with Crippen LogP contribution in [-0.4, -0.2) is 23.4 Å². The third kappa shape index (κ3) is 2.74. The average molecular weight is 294 g/mol. The molecule has 110 valence electrons. The molecule has 2 aromatic heterocycles. The molecule has 0 fully saturated rings. The molecule has 5 nitrogen and oxygen atoms in total. The van der Waals surface area contributed by atoms with E-state index in [-0.39, 0.29) is 0 Å². The summed E-state index contributed by atoms with van der Waals surface area (Å²) in [7, 11) is 1.50. The fourth-order valence-corrected chi connectivity index (χ4v) is 2.21. The number of carbonyl (C=O) groups is 1. The summed E-state index contributed by atoms with van der Waals surface area (Å²) in [6.07, 6.45) is 5.78. The number of pyridine rings is 2. The minimum atomic E-state index is 0.309. The molecular formula is C17H14N2O3. The lowest BCUT2D eigenvalue weighted by Gasteiger charge is -2.10. The Morgan fingerprint density at radius 2 is 2.05 bits per heavy atom. The number of hydrogen-bond donors (Lipinski definition) is 0. The Labute approximate surface area is 127 Å².